The number of hydrogen-bond acceptors (Lipinski definition) is 4. The monoisotopic (exact) mass is 353 g/mol. The number of halogens is 2. The molecule has 0 bridgehead atoms. The number of aromatic nitrogens is 1. The fourth-order valence-electron chi connectivity index (χ4n) is 1.93. The molecular formula is C15H9Cl2NO3S. The van der Waals surface area contributed by atoms with Crippen LogP contribution in [0.4, 0.5) is 0 Å². The van der Waals surface area contributed by atoms with Crippen LogP contribution in [0.5, 0.6) is 5.75 Å². The van der Waals surface area contributed by atoms with Crippen molar-refractivity contribution in [2.45, 2.75) is 4.90 Å². The molecule has 0 aliphatic carbocycles. The van der Waals surface area contributed by atoms with E-state index in [-0.39, 0.29) is 20.8 Å². The molecule has 0 atom stereocenters. The zero-order valence-corrected chi connectivity index (χ0v) is 13.4. The van der Waals surface area contributed by atoms with E-state index in [0.717, 1.165) is 17.0 Å². The Morgan fingerprint density at radius 1 is 0.955 bits per heavy atom. The van der Waals surface area contributed by atoms with Gasteiger partial charge in [-0.3, -0.25) is 0 Å². The maximum Gasteiger partial charge on any atom is 0.340 e. The van der Waals surface area contributed by atoms with E-state index in [4.69, 9.17) is 27.4 Å². The molecule has 112 valence electrons. The van der Waals surface area contributed by atoms with E-state index >= 15 is 0 Å². The fraction of sp³-hybridized carbons (Fsp3) is 0. The van der Waals surface area contributed by atoms with Gasteiger partial charge in [-0.05, 0) is 29.0 Å². The number of pyridine rings is 1. The summed E-state index contributed by atoms with van der Waals surface area (Å²) >= 11 is 11.5. The Labute approximate surface area is 137 Å². The predicted octanol–water partition coefficient (Wildman–Crippen LogP) is 4.31. The standard InChI is InChI=1S/C15H9Cl2NO3S/c16-14-8-13(9-18-15(14)17)22(19,20)21-12-6-5-10-3-1-2-4-11(10)7-12/h1-9H. The molecular weight excluding hydrogens is 345 g/mol. The molecule has 4 nitrogen and oxygen atoms in total. The molecule has 0 aliphatic heterocycles. The van der Waals surface area contributed by atoms with E-state index in [2.05, 4.69) is 4.98 Å². The quantitative estimate of drug-likeness (QED) is 0.520. The van der Waals surface area contributed by atoms with Gasteiger partial charge in [-0.2, -0.15) is 8.42 Å². The Kier molecular flexibility index (Phi) is 3.95. The zero-order chi connectivity index (χ0) is 15.7. The highest BCUT2D eigenvalue weighted by Gasteiger charge is 2.19. The van der Waals surface area contributed by atoms with Crippen molar-refractivity contribution in [1.29, 1.82) is 0 Å². The first-order chi connectivity index (χ1) is 10.5. The van der Waals surface area contributed by atoms with Gasteiger partial charge in [-0.15, -0.1) is 0 Å². The molecule has 22 heavy (non-hydrogen) atoms. The highest BCUT2D eigenvalue weighted by atomic mass is 35.5. The van der Waals surface area contributed by atoms with Gasteiger partial charge in [0.15, 0.2) is 0 Å². The summed E-state index contributed by atoms with van der Waals surface area (Å²) in [7, 11) is -4.03. The summed E-state index contributed by atoms with van der Waals surface area (Å²) < 4.78 is 29.6. The van der Waals surface area contributed by atoms with Crippen molar-refractivity contribution in [2.24, 2.45) is 0 Å². The summed E-state index contributed by atoms with van der Waals surface area (Å²) in [5, 5.41) is 1.95. The average Bonchev–Trinajstić information content (AvgIpc) is 2.49. The third-order valence-electron chi connectivity index (χ3n) is 2.99. The molecule has 0 aliphatic rings. The van der Waals surface area contributed by atoms with Crippen molar-refractivity contribution >= 4 is 44.1 Å². The average molecular weight is 354 g/mol. The number of nitrogens with zero attached hydrogens (tertiary/aromatic N) is 1. The highest BCUT2D eigenvalue weighted by molar-refractivity contribution is 7.87. The SMILES string of the molecule is O=S(=O)(Oc1ccc2ccccc2c1)c1cnc(Cl)c(Cl)c1. The van der Waals surface area contributed by atoms with Crippen LogP contribution < -0.4 is 4.18 Å². The third kappa shape index (κ3) is 3.02. The van der Waals surface area contributed by atoms with Gasteiger partial charge in [0.25, 0.3) is 0 Å². The lowest BCUT2D eigenvalue weighted by Gasteiger charge is -2.08. The molecule has 3 aromatic rings. The molecule has 0 radical (unpaired) electrons. The van der Waals surface area contributed by atoms with Crippen molar-refractivity contribution in [3.05, 3.63) is 64.9 Å². The molecule has 0 amide bonds. The third-order valence-corrected chi connectivity index (χ3v) is 4.89. The smallest absolute Gasteiger partial charge is 0.340 e. The summed E-state index contributed by atoms with van der Waals surface area (Å²) in [5.74, 6) is 0.213. The maximum atomic E-state index is 12.2. The normalized spacial score (nSPS) is 11.5. The predicted molar refractivity (Wildman–Crippen MR) is 86.0 cm³/mol. The van der Waals surface area contributed by atoms with Crippen LogP contribution in [0.15, 0.2) is 59.6 Å². The molecule has 0 N–H and O–H groups in total. The van der Waals surface area contributed by atoms with Crippen molar-refractivity contribution in [3.63, 3.8) is 0 Å². The van der Waals surface area contributed by atoms with Crippen molar-refractivity contribution < 1.29 is 12.6 Å². The molecule has 0 fully saturated rings. The maximum absolute atomic E-state index is 12.2. The molecule has 0 spiro atoms. The summed E-state index contributed by atoms with van der Waals surface area (Å²) in [4.78, 5) is 3.55. The van der Waals surface area contributed by atoms with E-state index in [0.29, 0.717) is 0 Å². The molecule has 0 saturated carbocycles. The number of benzene rings is 2. The van der Waals surface area contributed by atoms with Crippen LogP contribution in [0.3, 0.4) is 0 Å². The van der Waals surface area contributed by atoms with Crippen LogP contribution in [0.25, 0.3) is 10.8 Å². The number of rotatable bonds is 3. The Bertz CT molecular complexity index is 958. The zero-order valence-electron chi connectivity index (χ0n) is 11.0. The lowest BCUT2D eigenvalue weighted by atomic mass is 10.1. The molecule has 0 unspecified atom stereocenters. The van der Waals surface area contributed by atoms with Crippen molar-refractivity contribution in [2.75, 3.05) is 0 Å². The molecule has 0 saturated heterocycles. The molecule has 3 rings (SSSR count). The second kappa shape index (κ2) is 5.76. The largest absolute Gasteiger partial charge is 0.379 e. The Hall–Kier alpha value is -1.82. The first-order valence-electron chi connectivity index (χ1n) is 6.20. The topological polar surface area (TPSA) is 56.3 Å². The second-order valence-corrected chi connectivity index (χ2v) is 6.80. The molecule has 7 heteroatoms. The van der Waals surface area contributed by atoms with E-state index in [1.54, 1.807) is 18.2 Å². The van der Waals surface area contributed by atoms with E-state index < -0.39 is 10.1 Å². The summed E-state index contributed by atoms with van der Waals surface area (Å²) in [6, 6.07) is 13.8. The van der Waals surface area contributed by atoms with Gasteiger partial charge >= 0.3 is 10.1 Å². The van der Waals surface area contributed by atoms with Gasteiger partial charge in [-0.25, -0.2) is 4.98 Å². The minimum Gasteiger partial charge on any atom is -0.379 e. The summed E-state index contributed by atoms with van der Waals surface area (Å²) in [6.45, 7) is 0. The van der Waals surface area contributed by atoms with Gasteiger partial charge in [0, 0.05) is 0 Å². The van der Waals surface area contributed by atoms with Crippen molar-refractivity contribution in [3.8, 4) is 5.75 Å². The van der Waals surface area contributed by atoms with E-state index in [1.165, 1.54) is 6.07 Å². The Morgan fingerprint density at radius 3 is 2.41 bits per heavy atom. The van der Waals surface area contributed by atoms with Crippen LogP contribution in [0, 0.1) is 0 Å². The Balaban J connectivity index is 1.97. The van der Waals surface area contributed by atoms with Crippen LogP contribution in [-0.2, 0) is 10.1 Å². The van der Waals surface area contributed by atoms with E-state index in [1.807, 2.05) is 24.3 Å². The van der Waals surface area contributed by atoms with Crippen LogP contribution in [0.1, 0.15) is 0 Å². The van der Waals surface area contributed by atoms with Gasteiger partial charge in [0.1, 0.15) is 15.8 Å². The Morgan fingerprint density at radius 2 is 1.68 bits per heavy atom. The van der Waals surface area contributed by atoms with Gasteiger partial charge in [0.2, 0.25) is 0 Å². The summed E-state index contributed by atoms with van der Waals surface area (Å²) in [5.41, 5.74) is 0. The lowest BCUT2D eigenvalue weighted by molar-refractivity contribution is 0.486. The second-order valence-electron chi connectivity index (χ2n) is 4.49. The van der Waals surface area contributed by atoms with Crippen LogP contribution >= 0.6 is 23.2 Å². The molecule has 1 heterocycles. The molecule has 2 aromatic carbocycles. The minimum absolute atomic E-state index is 0.0336. The molecule has 1 aromatic heterocycles. The number of fused-ring (bicyclic) bond motifs is 1. The minimum atomic E-state index is -4.03. The van der Waals surface area contributed by atoms with Crippen LogP contribution in [-0.4, -0.2) is 13.4 Å². The van der Waals surface area contributed by atoms with Crippen molar-refractivity contribution in [1.82, 2.24) is 4.98 Å². The van der Waals surface area contributed by atoms with Crippen LogP contribution in [0.2, 0.25) is 10.2 Å². The lowest BCUT2D eigenvalue weighted by Crippen LogP contribution is -2.10. The fourth-order valence-corrected chi connectivity index (χ4v) is 3.17. The summed E-state index contributed by atoms with van der Waals surface area (Å²) in [6.07, 6.45) is 1.10. The van der Waals surface area contributed by atoms with Gasteiger partial charge in [-0.1, -0.05) is 53.5 Å². The highest BCUT2D eigenvalue weighted by Crippen LogP contribution is 2.26. The van der Waals surface area contributed by atoms with Gasteiger partial charge in [0.05, 0.1) is 11.2 Å². The number of hydrogen-bond donors (Lipinski definition) is 0. The first-order valence-corrected chi connectivity index (χ1v) is 8.36. The van der Waals surface area contributed by atoms with E-state index in [9.17, 15) is 8.42 Å². The first kappa shape index (κ1) is 15.1. The van der Waals surface area contributed by atoms with Gasteiger partial charge < -0.3 is 4.18 Å².